The average Bonchev–Trinajstić information content (AvgIpc) is 3.54. The number of pyridine rings is 1. The smallest absolute Gasteiger partial charge is 0.397 e. The van der Waals surface area contributed by atoms with Gasteiger partial charge in [0, 0.05) is 36.9 Å². The molecule has 3 unspecified atom stereocenters. The number of aromatic nitrogens is 3. The molecule has 0 spiro atoms. The van der Waals surface area contributed by atoms with Gasteiger partial charge in [0.05, 0.1) is 25.2 Å². The Morgan fingerprint density at radius 1 is 1.12 bits per heavy atom. The predicted octanol–water partition coefficient (Wildman–Crippen LogP) is -1.06. The minimum absolute atomic E-state index is 0.0981. The Bertz CT molecular complexity index is 1590. The first-order valence-corrected chi connectivity index (χ1v) is 19.0. The van der Waals surface area contributed by atoms with Crippen molar-refractivity contribution in [2.45, 2.75) is 50.9 Å². The zero-order chi connectivity index (χ0) is 36.1. The van der Waals surface area contributed by atoms with Crippen molar-refractivity contribution in [2.75, 3.05) is 37.8 Å². The van der Waals surface area contributed by atoms with Crippen molar-refractivity contribution in [3.05, 3.63) is 18.6 Å². The summed E-state index contributed by atoms with van der Waals surface area (Å²) in [4.78, 5) is 71.1. The molecule has 0 aliphatic carbocycles. The van der Waals surface area contributed by atoms with E-state index < -0.39 is 78.6 Å². The zero-order valence-electron chi connectivity index (χ0n) is 25.3. The lowest BCUT2D eigenvalue weighted by molar-refractivity contribution is -0.137. The number of ether oxygens (including phenoxy) is 1. The van der Waals surface area contributed by atoms with Crippen LogP contribution in [0.2, 0.25) is 0 Å². The highest BCUT2D eigenvalue weighted by Crippen LogP contribution is 2.61. The van der Waals surface area contributed by atoms with Crippen molar-refractivity contribution >= 4 is 64.8 Å². The van der Waals surface area contributed by atoms with Gasteiger partial charge in [-0.3, -0.25) is 27.7 Å². The summed E-state index contributed by atoms with van der Waals surface area (Å²) in [6.07, 6.45) is -6.36. The van der Waals surface area contributed by atoms with Crippen LogP contribution in [0.4, 0.5) is 5.69 Å². The van der Waals surface area contributed by atoms with E-state index in [-0.39, 0.29) is 35.7 Å². The number of phosphoric acid groups is 3. The number of amides is 2. The molecule has 26 heteroatoms. The van der Waals surface area contributed by atoms with Crippen LogP contribution in [0.3, 0.4) is 0 Å². The number of anilines is 1. The van der Waals surface area contributed by atoms with Gasteiger partial charge in [0.1, 0.15) is 29.9 Å². The van der Waals surface area contributed by atoms with Crippen molar-refractivity contribution in [1.29, 1.82) is 0 Å². The van der Waals surface area contributed by atoms with E-state index in [9.17, 15) is 53.1 Å². The van der Waals surface area contributed by atoms with Gasteiger partial charge >= 0.3 is 23.5 Å². The van der Waals surface area contributed by atoms with E-state index in [1.54, 1.807) is 0 Å². The number of carbonyl (C=O) groups is 2. The first-order valence-electron chi connectivity index (χ1n) is 13.8. The second-order valence-electron chi connectivity index (χ2n) is 10.9. The molecule has 0 bridgehead atoms. The second-order valence-corrected chi connectivity index (χ2v) is 15.6. The Labute approximate surface area is 278 Å². The summed E-state index contributed by atoms with van der Waals surface area (Å²) in [6.45, 7) is 0.751. The summed E-state index contributed by atoms with van der Waals surface area (Å²) in [6, 6.07) is 1.45. The molecule has 0 radical (unpaired) electrons. The fourth-order valence-corrected chi connectivity index (χ4v) is 7.16. The monoisotopic (exact) mass is 766 g/mol. The fourth-order valence-electron chi connectivity index (χ4n) is 4.22. The number of carbonyl (C=O) groups excluding carboxylic acids is 2. The number of aliphatic hydroxyl groups is 2. The number of phosphoric ester groups is 3. The first-order chi connectivity index (χ1) is 22.2. The van der Waals surface area contributed by atoms with Crippen LogP contribution in [-0.2, 0) is 45.9 Å². The normalized spacial score (nSPS) is 23.4. The number of rotatable bonds is 18. The molecule has 0 aromatic carbocycles. The molecule has 2 amide bonds. The molecule has 48 heavy (non-hydrogen) atoms. The standard InChI is InChI=1S/C22H37N6O16P3S/c1-22(2,18(31)20(32)26-6-4-14(29)24-7-8-48)10-41-47(38,39)44-46(36,37)40-9-13-17(43-45(33,34)35)16(30)21(42-13)28-11-27-15-12(23)3-5-25-19(15)28/h3,5,11,13,16-18,21,30-31,48H,4,6-10H2,1-2H3,(H2,23,25)(H,24,29)(H,26,32)(H,36,37)(H,38,39)(H2,33,34,35)/t13-,16?,17+,18+,21-/m1/s1. The minimum atomic E-state index is -5.53. The van der Waals surface area contributed by atoms with Gasteiger partial charge in [0.15, 0.2) is 11.9 Å². The van der Waals surface area contributed by atoms with E-state index in [1.165, 1.54) is 26.1 Å². The van der Waals surface area contributed by atoms with Crippen LogP contribution in [0, 0.1) is 5.41 Å². The lowest BCUT2D eigenvalue weighted by atomic mass is 9.87. The van der Waals surface area contributed by atoms with Gasteiger partial charge < -0.3 is 50.9 Å². The maximum absolute atomic E-state index is 12.6. The summed E-state index contributed by atoms with van der Waals surface area (Å²) in [5.41, 5.74) is 4.80. The summed E-state index contributed by atoms with van der Waals surface area (Å²) >= 11 is 3.95. The molecule has 10 N–H and O–H groups in total. The molecule has 1 saturated heterocycles. The van der Waals surface area contributed by atoms with E-state index in [0.717, 1.165) is 10.9 Å². The van der Waals surface area contributed by atoms with Crippen LogP contribution in [0.1, 0.15) is 26.5 Å². The van der Waals surface area contributed by atoms with Crippen molar-refractivity contribution in [3.8, 4) is 0 Å². The first kappa shape index (κ1) is 40.4. The molecule has 22 nitrogen and oxygen atoms in total. The Hall–Kier alpha value is -2.04. The van der Waals surface area contributed by atoms with Gasteiger partial charge in [0.25, 0.3) is 0 Å². The maximum Gasteiger partial charge on any atom is 0.481 e. The Kier molecular flexibility index (Phi) is 13.7. The van der Waals surface area contributed by atoms with Crippen molar-refractivity contribution in [2.24, 2.45) is 5.41 Å². The largest absolute Gasteiger partial charge is 0.481 e. The number of nitrogens with one attached hydrogen (secondary N) is 2. The van der Waals surface area contributed by atoms with Crippen molar-refractivity contribution < 1.29 is 75.7 Å². The van der Waals surface area contributed by atoms with Crippen LogP contribution in [0.25, 0.3) is 11.2 Å². The summed E-state index contributed by atoms with van der Waals surface area (Å²) in [5, 5.41) is 26.1. The van der Waals surface area contributed by atoms with Crippen molar-refractivity contribution in [3.63, 3.8) is 0 Å². The number of imidazole rings is 1. The highest BCUT2D eigenvalue weighted by molar-refractivity contribution is 7.80. The lowest BCUT2D eigenvalue weighted by Crippen LogP contribution is -2.46. The van der Waals surface area contributed by atoms with Crippen LogP contribution in [0.15, 0.2) is 18.6 Å². The Balaban J connectivity index is 1.61. The predicted molar refractivity (Wildman–Crippen MR) is 166 cm³/mol. The van der Waals surface area contributed by atoms with E-state index >= 15 is 0 Å². The quantitative estimate of drug-likeness (QED) is 0.0638. The number of aliphatic hydroxyl groups excluding tert-OH is 2. The van der Waals surface area contributed by atoms with Gasteiger partial charge in [-0.25, -0.2) is 23.7 Å². The molecule has 3 heterocycles. The van der Waals surface area contributed by atoms with Gasteiger partial charge in [-0.05, 0) is 6.07 Å². The average molecular weight is 767 g/mol. The molecular formula is C22H37N6O16P3S. The molecule has 1 aliphatic heterocycles. The molecule has 0 saturated carbocycles. The maximum atomic E-state index is 12.6. The number of nitrogens with zero attached hydrogens (tertiary/aromatic N) is 3. The van der Waals surface area contributed by atoms with Crippen molar-refractivity contribution in [1.82, 2.24) is 25.2 Å². The molecule has 3 rings (SSSR count). The molecule has 272 valence electrons. The van der Waals surface area contributed by atoms with Crippen LogP contribution >= 0.6 is 36.1 Å². The highest BCUT2D eigenvalue weighted by atomic mass is 32.1. The zero-order valence-corrected chi connectivity index (χ0v) is 28.9. The van der Waals surface area contributed by atoms with E-state index in [4.69, 9.17) is 19.5 Å². The van der Waals surface area contributed by atoms with Gasteiger partial charge in [-0.15, -0.1) is 0 Å². The third kappa shape index (κ3) is 11.2. The van der Waals surface area contributed by atoms with Gasteiger partial charge in [-0.2, -0.15) is 16.9 Å². The number of nitrogens with two attached hydrogens (primary N) is 1. The number of fused-ring (bicyclic) bond motifs is 1. The van der Waals surface area contributed by atoms with Crippen LogP contribution in [0.5, 0.6) is 0 Å². The summed E-state index contributed by atoms with van der Waals surface area (Å²) < 4.78 is 61.8. The molecule has 2 aromatic heterocycles. The third-order valence-corrected chi connectivity index (χ3v) is 9.94. The minimum Gasteiger partial charge on any atom is -0.397 e. The summed E-state index contributed by atoms with van der Waals surface area (Å²) in [7, 11) is -16.3. The number of hydrogen-bond acceptors (Lipinski definition) is 16. The number of hydrogen-bond donors (Lipinski definition) is 10. The molecule has 1 fully saturated rings. The van der Waals surface area contributed by atoms with Gasteiger partial charge in [-0.1, -0.05) is 13.8 Å². The Morgan fingerprint density at radius 2 is 1.79 bits per heavy atom. The molecular weight excluding hydrogens is 729 g/mol. The second kappa shape index (κ2) is 16.3. The SMILES string of the molecule is CC(C)(COP(=O)(O)OP(=O)(O)OC[C@H]1O[C@@H](n2cnc3c(N)ccnc32)C(O)[C@H]1OP(=O)(O)O)[C@@H](O)C(=O)NCCC(=O)NCCS. The molecule has 2 aromatic rings. The fraction of sp³-hybridized carbons (Fsp3) is 0.636. The molecule has 1 aliphatic rings. The van der Waals surface area contributed by atoms with E-state index in [0.29, 0.717) is 12.3 Å². The molecule has 7 atom stereocenters. The topological polar surface area (TPSA) is 334 Å². The number of thiol groups is 1. The lowest BCUT2D eigenvalue weighted by Gasteiger charge is -2.30. The Morgan fingerprint density at radius 3 is 2.44 bits per heavy atom. The summed E-state index contributed by atoms with van der Waals surface area (Å²) in [5.74, 6) is -0.900. The number of nitrogen functional groups attached to an aromatic ring is 1. The highest BCUT2D eigenvalue weighted by Gasteiger charge is 2.50. The van der Waals surface area contributed by atoms with Gasteiger partial charge in [0.2, 0.25) is 11.8 Å². The third-order valence-electron chi connectivity index (χ3n) is 6.62. The van der Waals surface area contributed by atoms with Crippen LogP contribution in [-0.4, -0.2) is 113 Å². The van der Waals surface area contributed by atoms with E-state index in [1.807, 2.05) is 0 Å². The van der Waals surface area contributed by atoms with E-state index in [2.05, 4.69) is 42.1 Å². The van der Waals surface area contributed by atoms with Crippen LogP contribution < -0.4 is 16.4 Å².